The minimum Gasteiger partial charge on any atom is -0.467 e. The predicted octanol–water partition coefficient (Wildman–Crippen LogP) is 4.78. The summed E-state index contributed by atoms with van der Waals surface area (Å²) in [5.41, 5.74) is -2.60. The second-order valence-corrected chi connectivity index (χ2v) is 7.33. The second kappa shape index (κ2) is 7.16. The fourth-order valence-corrected chi connectivity index (χ4v) is 4.54. The highest BCUT2D eigenvalue weighted by Gasteiger charge is 2.67. The molecule has 0 amide bonds. The van der Waals surface area contributed by atoms with Gasteiger partial charge in [0.25, 0.3) is 5.60 Å². The van der Waals surface area contributed by atoms with Crippen molar-refractivity contribution in [2.45, 2.75) is 11.8 Å². The van der Waals surface area contributed by atoms with E-state index in [9.17, 15) is 18.4 Å². The third-order valence-corrected chi connectivity index (χ3v) is 5.78. The van der Waals surface area contributed by atoms with Gasteiger partial charge in [-0.2, -0.15) is 18.4 Å². The number of rotatable bonds is 3. The largest absolute Gasteiger partial charge is 0.467 e. The molecule has 29 heavy (non-hydrogen) atoms. The van der Waals surface area contributed by atoms with Crippen molar-refractivity contribution in [2.75, 3.05) is 13.1 Å². The zero-order chi connectivity index (χ0) is 20.6. The summed E-state index contributed by atoms with van der Waals surface area (Å²) >= 11 is 3.21. The Morgan fingerprint density at radius 1 is 1.07 bits per heavy atom. The van der Waals surface area contributed by atoms with Crippen LogP contribution in [0.2, 0.25) is 0 Å². The number of alkyl halides is 3. The average Bonchev–Trinajstić information content (AvgIpc) is 3.18. The number of nitrogens with one attached hydrogen (secondary N) is 1. The zero-order valence-corrected chi connectivity index (χ0v) is 16.6. The highest BCUT2D eigenvalue weighted by Crippen LogP contribution is 2.54. The molecule has 0 saturated carbocycles. The molecule has 0 bridgehead atoms. The SMILES string of the molecule is N#CC1=C2NCCN2C(c2ccccc2)=C(Br)C1(Oc1ccccc1)C(F)(F)F. The topological polar surface area (TPSA) is 48.3 Å². The molecule has 2 aromatic carbocycles. The minimum absolute atomic E-state index is 0.00832. The molecule has 8 heteroatoms. The molecule has 4 rings (SSSR count). The van der Waals surface area contributed by atoms with E-state index in [2.05, 4.69) is 21.2 Å². The van der Waals surface area contributed by atoms with Crippen molar-refractivity contribution in [3.05, 3.63) is 82.1 Å². The quantitative estimate of drug-likeness (QED) is 0.714. The van der Waals surface area contributed by atoms with Gasteiger partial charge in [0, 0.05) is 13.1 Å². The molecule has 0 radical (unpaired) electrons. The van der Waals surface area contributed by atoms with Gasteiger partial charge >= 0.3 is 6.18 Å². The third-order valence-electron chi connectivity index (χ3n) is 4.85. The first-order chi connectivity index (χ1) is 13.9. The number of benzene rings is 2. The Balaban J connectivity index is 2.04. The molecule has 2 heterocycles. The maximum atomic E-state index is 14.7. The monoisotopic (exact) mass is 461 g/mol. The molecule has 2 aliphatic rings. The van der Waals surface area contributed by atoms with Crippen LogP contribution < -0.4 is 10.1 Å². The van der Waals surface area contributed by atoms with Crippen molar-refractivity contribution in [1.82, 2.24) is 10.2 Å². The lowest BCUT2D eigenvalue weighted by Crippen LogP contribution is -2.56. The normalized spacial score (nSPS) is 21.6. The summed E-state index contributed by atoms with van der Waals surface area (Å²) in [6, 6.07) is 18.2. The Labute approximate surface area is 174 Å². The molecule has 0 aliphatic carbocycles. The summed E-state index contributed by atoms with van der Waals surface area (Å²) < 4.78 is 49.4. The molecule has 1 atom stereocenters. The number of ether oxygens (including phenoxy) is 1. The third kappa shape index (κ3) is 2.97. The van der Waals surface area contributed by atoms with Crippen LogP contribution in [0.4, 0.5) is 13.2 Å². The first-order valence-corrected chi connectivity index (χ1v) is 9.62. The van der Waals surface area contributed by atoms with E-state index in [0.29, 0.717) is 24.4 Å². The Kier molecular flexibility index (Phi) is 4.79. The summed E-state index contributed by atoms with van der Waals surface area (Å²) in [5, 5.41) is 12.7. The molecule has 1 saturated heterocycles. The summed E-state index contributed by atoms with van der Waals surface area (Å²) in [6.07, 6.45) is -4.91. The van der Waals surface area contributed by atoms with Crippen molar-refractivity contribution in [1.29, 1.82) is 5.26 Å². The van der Waals surface area contributed by atoms with E-state index in [1.165, 1.54) is 12.1 Å². The van der Waals surface area contributed by atoms with Crippen molar-refractivity contribution >= 4 is 21.6 Å². The summed E-state index contributed by atoms with van der Waals surface area (Å²) in [6.45, 7) is 0.843. The van der Waals surface area contributed by atoms with Gasteiger partial charge in [-0.05, 0) is 33.6 Å². The van der Waals surface area contributed by atoms with Crippen molar-refractivity contribution < 1.29 is 17.9 Å². The van der Waals surface area contributed by atoms with Gasteiger partial charge in [0.1, 0.15) is 23.2 Å². The van der Waals surface area contributed by atoms with Gasteiger partial charge in [-0.3, -0.25) is 0 Å². The maximum absolute atomic E-state index is 14.7. The van der Waals surface area contributed by atoms with E-state index in [4.69, 9.17) is 4.74 Å². The van der Waals surface area contributed by atoms with Crippen LogP contribution in [0.25, 0.3) is 5.70 Å². The highest BCUT2D eigenvalue weighted by molar-refractivity contribution is 9.12. The molecule has 0 aromatic heterocycles. The molecule has 148 valence electrons. The molecule has 0 spiro atoms. The molecule has 1 N–H and O–H groups in total. The second-order valence-electron chi connectivity index (χ2n) is 6.54. The lowest BCUT2D eigenvalue weighted by molar-refractivity contribution is -0.215. The number of nitrogens with zero attached hydrogens (tertiary/aromatic N) is 2. The number of para-hydroxylation sites is 1. The van der Waals surface area contributed by atoms with Gasteiger partial charge in [0.2, 0.25) is 0 Å². The van der Waals surface area contributed by atoms with Crippen LogP contribution in [-0.4, -0.2) is 29.8 Å². The van der Waals surface area contributed by atoms with Gasteiger partial charge in [-0.15, -0.1) is 0 Å². The Morgan fingerprint density at radius 2 is 1.69 bits per heavy atom. The number of nitriles is 1. The summed E-state index contributed by atoms with van der Waals surface area (Å²) in [7, 11) is 0. The molecule has 1 fully saturated rings. The van der Waals surface area contributed by atoms with E-state index >= 15 is 0 Å². The lowest BCUT2D eigenvalue weighted by atomic mass is 9.87. The van der Waals surface area contributed by atoms with Crippen LogP contribution in [0.1, 0.15) is 5.56 Å². The molecular formula is C21H15BrF3N3O. The first-order valence-electron chi connectivity index (χ1n) is 8.83. The molecule has 2 aliphatic heterocycles. The fourth-order valence-electron chi connectivity index (χ4n) is 3.60. The number of halogens is 4. The Hall–Kier alpha value is -2.92. The number of fused-ring (bicyclic) bond motifs is 1. The van der Waals surface area contributed by atoms with Gasteiger partial charge in [-0.1, -0.05) is 48.5 Å². The fraction of sp³-hybridized carbons (Fsp3) is 0.190. The van der Waals surface area contributed by atoms with Crippen LogP contribution >= 0.6 is 15.9 Å². The molecule has 1 unspecified atom stereocenters. The standard InChI is InChI=1S/C21H15BrF3N3O/c22-18-17(14-7-3-1-4-8-14)28-12-11-27-19(28)16(13-26)20(18,21(23,24)25)29-15-9-5-2-6-10-15/h1-10,27H,11-12H2. The summed E-state index contributed by atoms with van der Waals surface area (Å²) in [4.78, 5) is 1.69. The van der Waals surface area contributed by atoms with Crippen LogP contribution in [0.3, 0.4) is 0 Å². The van der Waals surface area contributed by atoms with Crippen LogP contribution in [0.5, 0.6) is 5.75 Å². The van der Waals surface area contributed by atoms with Crippen LogP contribution in [0, 0.1) is 11.3 Å². The lowest BCUT2D eigenvalue weighted by Gasteiger charge is -2.42. The van der Waals surface area contributed by atoms with Crippen LogP contribution in [-0.2, 0) is 0 Å². The zero-order valence-electron chi connectivity index (χ0n) is 15.0. The Morgan fingerprint density at radius 3 is 2.28 bits per heavy atom. The van der Waals surface area contributed by atoms with Crippen LogP contribution in [0.15, 0.2) is 76.5 Å². The predicted molar refractivity (Wildman–Crippen MR) is 105 cm³/mol. The van der Waals surface area contributed by atoms with Crippen molar-refractivity contribution in [3.63, 3.8) is 0 Å². The first kappa shape index (κ1) is 19.4. The smallest absolute Gasteiger partial charge is 0.438 e. The van der Waals surface area contributed by atoms with E-state index in [0.717, 1.165) is 0 Å². The van der Waals surface area contributed by atoms with Gasteiger partial charge in [0.15, 0.2) is 0 Å². The molecule has 4 nitrogen and oxygen atoms in total. The van der Waals surface area contributed by atoms with Crippen molar-refractivity contribution in [2.24, 2.45) is 0 Å². The molecule has 2 aromatic rings. The van der Waals surface area contributed by atoms with E-state index in [-0.39, 0.29) is 16.1 Å². The molecular weight excluding hydrogens is 447 g/mol. The van der Waals surface area contributed by atoms with E-state index < -0.39 is 17.4 Å². The van der Waals surface area contributed by atoms with Crippen molar-refractivity contribution in [3.8, 4) is 11.8 Å². The highest BCUT2D eigenvalue weighted by atomic mass is 79.9. The average molecular weight is 462 g/mol. The summed E-state index contributed by atoms with van der Waals surface area (Å²) in [5.74, 6) is 0.122. The van der Waals surface area contributed by atoms with Gasteiger partial charge < -0.3 is 15.0 Å². The minimum atomic E-state index is -4.91. The van der Waals surface area contributed by atoms with Gasteiger partial charge in [0.05, 0.1) is 10.2 Å². The van der Waals surface area contributed by atoms with E-state index in [1.807, 2.05) is 0 Å². The maximum Gasteiger partial charge on any atom is 0.438 e. The van der Waals surface area contributed by atoms with Gasteiger partial charge in [-0.25, -0.2) is 0 Å². The number of hydrogen-bond donors (Lipinski definition) is 1. The van der Waals surface area contributed by atoms with E-state index in [1.54, 1.807) is 59.5 Å². The number of hydrogen-bond acceptors (Lipinski definition) is 4. The Bertz CT molecular complexity index is 1030.